The molecule has 0 saturated carbocycles. The van der Waals surface area contributed by atoms with Crippen molar-refractivity contribution in [3.05, 3.63) is 52.0 Å². The Morgan fingerprint density at radius 1 is 0.862 bits per heavy atom. The van der Waals surface area contributed by atoms with E-state index in [0.29, 0.717) is 35.4 Å². The standard InChI is InChI=1S/C19H17Cl2N3O5/c20-11-1-3-13(14(21)7-11)19(27)23-9-17(25)22-10-18(26)24-12-2-4-15-16(8-12)29-6-5-28-15/h1-4,7-8H,5-6,9-10H2,(H,22,25)(H,23,27)(H,24,26). The predicted octanol–water partition coefficient (Wildman–Crippen LogP) is 2.25. The van der Waals surface area contributed by atoms with Gasteiger partial charge in [0.2, 0.25) is 11.8 Å². The first kappa shape index (κ1) is 20.8. The fourth-order valence-corrected chi connectivity index (χ4v) is 2.99. The van der Waals surface area contributed by atoms with Crippen LogP contribution in [0.4, 0.5) is 5.69 Å². The summed E-state index contributed by atoms with van der Waals surface area (Å²) in [6, 6.07) is 9.41. The summed E-state index contributed by atoms with van der Waals surface area (Å²) in [5.74, 6) is -0.328. The third-order valence-electron chi connectivity index (χ3n) is 3.86. The van der Waals surface area contributed by atoms with Crippen molar-refractivity contribution in [3.8, 4) is 11.5 Å². The molecule has 2 aromatic rings. The van der Waals surface area contributed by atoms with Crippen LogP contribution in [0.5, 0.6) is 11.5 Å². The second-order valence-electron chi connectivity index (χ2n) is 5.99. The normalized spacial score (nSPS) is 12.1. The van der Waals surface area contributed by atoms with E-state index in [1.54, 1.807) is 18.2 Å². The zero-order valence-electron chi connectivity index (χ0n) is 15.1. The van der Waals surface area contributed by atoms with Gasteiger partial charge in [-0.15, -0.1) is 0 Å². The molecule has 0 radical (unpaired) electrons. The molecule has 0 fully saturated rings. The highest BCUT2D eigenvalue weighted by Gasteiger charge is 2.14. The molecule has 152 valence electrons. The third kappa shape index (κ3) is 5.75. The molecule has 0 bridgehead atoms. The van der Waals surface area contributed by atoms with Crippen LogP contribution in [-0.2, 0) is 9.59 Å². The number of ether oxygens (including phenoxy) is 2. The number of nitrogens with one attached hydrogen (secondary N) is 3. The van der Waals surface area contributed by atoms with Gasteiger partial charge in [0.15, 0.2) is 11.5 Å². The van der Waals surface area contributed by atoms with E-state index in [1.165, 1.54) is 18.2 Å². The fraction of sp³-hybridized carbons (Fsp3) is 0.211. The van der Waals surface area contributed by atoms with E-state index in [1.807, 2.05) is 0 Å². The number of fused-ring (bicyclic) bond motifs is 1. The van der Waals surface area contributed by atoms with Crippen LogP contribution in [0.2, 0.25) is 10.0 Å². The predicted molar refractivity (Wildman–Crippen MR) is 108 cm³/mol. The molecule has 0 aliphatic carbocycles. The number of hydrogen-bond acceptors (Lipinski definition) is 5. The minimum Gasteiger partial charge on any atom is -0.486 e. The monoisotopic (exact) mass is 437 g/mol. The van der Waals surface area contributed by atoms with Crippen LogP contribution >= 0.6 is 23.2 Å². The van der Waals surface area contributed by atoms with E-state index >= 15 is 0 Å². The first-order valence-electron chi connectivity index (χ1n) is 8.62. The average molecular weight is 438 g/mol. The van der Waals surface area contributed by atoms with Crippen LogP contribution in [0.3, 0.4) is 0 Å². The van der Waals surface area contributed by atoms with Gasteiger partial charge in [-0.25, -0.2) is 0 Å². The summed E-state index contributed by atoms with van der Waals surface area (Å²) in [7, 11) is 0. The first-order chi connectivity index (χ1) is 13.9. The molecule has 0 aromatic heterocycles. The van der Waals surface area contributed by atoms with E-state index in [0.717, 1.165) is 0 Å². The molecule has 1 heterocycles. The van der Waals surface area contributed by atoms with Crippen molar-refractivity contribution in [2.24, 2.45) is 0 Å². The Labute approximate surface area is 176 Å². The molecule has 1 aliphatic heterocycles. The van der Waals surface area contributed by atoms with E-state index in [9.17, 15) is 14.4 Å². The van der Waals surface area contributed by atoms with Crippen LogP contribution < -0.4 is 25.4 Å². The van der Waals surface area contributed by atoms with Crippen molar-refractivity contribution < 1.29 is 23.9 Å². The van der Waals surface area contributed by atoms with Crippen LogP contribution in [-0.4, -0.2) is 44.0 Å². The minimum atomic E-state index is -0.527. The van der Waals surface area contributed by atoms with Crippen molar-refractivity contribution in [1.29, 1.82) is 0 Å². The first-order valence-corrected chi connectivity index (χ1v) is 9.37. The van der Waals surface area contributed by atoms with Gasteiger partial charge in [-0.05, 0) is 30.3 Å². The SMILES string of the molecule is O=C(CNC(=O)c1ccc(Cl)cc1Cl)NCC(=O)Nc1ccc2c(c1)OCCO2. The number of rotatable bonds is 6. The summed E-state index contributed by atoms with van der Waals surface area (Å²) in [5, 5.41) is 8.06. The number of halogens is 2. The van der Waals surface area contributed by atoms with Gasteiger partial charge in [0.1, 0.15) is 13.2 Å². The highest BCUT2D eigenvalue weighted by molar-refractivity contribution is 6.36. The smallest absolute Gasteiger partial charge is 0.253 e. The van der Waals surface area contributed by atoms with Crippen molar-refractivity contribution in [3.63, 3.8) is 0 Å². The Morgan fingerprint density at radius 2 is 1.59 bits per heavy atom. The number of anilines is 1. The second-order valence-corrected chi connectivity index (χ2v) is 6.83. The zero-order valence-corrected chi connectivity index (χ0v) is 16.6. The molecular weight excluding hydrogens is 421 g/mol. The van der Waals surface area contributed by atoms with Gasteiger partial charge in [-0.3, -0.25) is 14.4 Å². The molecule has 3 N–H and O–H groups in total. The topological polar surface area (TPSA) is 106 Å². The van der Waals surface area contributed by atoms with E-state index < -0.39 is 17.7 Å². The number of carbonyl (C=O) groups is 3. The lowest BCUT2D eigenvalue weighted by Gasteiger charge is -2.19. The minimum absolute atomic E-state index is 0.175. The van der Waals surface area contributed by atoms with Gasteiger partial charge in [-0.2, -0.15) is 0 Å². The van der Waals surface area contributed by atoms with Gasteiger partial charge >= 0.3 is 0 Å². The van der Waals surface area contributed by atoms with Gasteiger partial charge < -0.3 is 25.4 Å². The highest BCUT2D eigenvalue weighted by Crippen LogP contribution is 2.32. The summed E-state index contributed by atoms with van der Waals surface area (Å²) in [5.41, 5.74) is 0.708. The Balaban J connectivity index is 1.43. The van der Waals surface area contributed by atoms with Crippen molar-refractivity contribution >= 4 is 46.6 Å². The lowest BCUT2D eigenvalue weighted by Crippen LogP contribution is -2.40. The molecule has 29 heavy (non-hydrogen) atoms. The maximum Gasteiger partial charge on any atom is 0.253 e. The van der Waals surface area contributed by atoms with Crippen LogP contribution in [0, 0.1) is 0 Å². The zero-order chi connectivity index (χ0) is 20.8. The highest BCUT2D eigenvalue weighted by atomic mass is 35.5. The van der Waals surface area contributed by atoms with Gasteiger partial charge in [0, 0.05) is 16.8 Å². The molecule has 3 rings (SSSR count). The number of carbonyl (C=O) groups excluding carboxylic acids is 3. The lowest BCUT2D eigenvalue weighted by molar-refractivity contribution is -0.123. The second kappa shape index (κ2) is 9.49. The van der Waals surface area contributed by atoms with Crippen molar-refractivity contribution in [2.45, 2.75) is 0 Å². The van der Waals surface area contributed by atoms with Crippen molar-refractivity contribution in [2.75, 3.05) is 31.6 Å². The third-order valence-corrected chi connectivity index (χ3v) is 4.41. The Hall–Kier alpha value is -2.97. The summed E-state index contributed by atoms with van der Waals surface area (Å²) in [6.07, 6.45) is 0. The Bertz CT molecular complexity index is 951. The summed E-state index contributed by atoms with van der Waals surface area (Å²) >= 11 is 11.7. The molecule has 0 atom stereocenters. The van der Waals surface area contributed by atoms with E-state index in [-0.39, 0.29) is 23.7 Å². The average Bonchev–Trinajstić information content (AvgIpc) is 2.70. The Morgan fingerprint density at radius 3 is 2.34 bits per heavy atom. The fourth-order valence-electron chi connectivity index (χ4n) is 2.50. The molecule has 0 saturated heterocycles. The maximum atomic E-state index is 12.1. The van der Waals surface area contributed by atoms with Crippen LogP contribution in [0.25, 0.3) is 0 Å². The molecular formula is C19H17Cl2N3O5. The van der Waals surface area contributed by atoms with Gasteiger partial charge in [0.25, 0.3) is 5.91 Å². The molecule has 2 aromatic carbocycles. The van der Waals surface area contributed by atoms with Gasteiger partial charge in [-0.1, -0.05) is 23.2 Å². The molecule has 8 nitrogen and oxygen atoms in total. The largest absolute Gasteiger partial charge is 0.486 e. The number of hydrogen-bond donors (Lipinski definition) is 3. The van der Waals surface area contributed by atoms with Crippen LogP contribution in [0.1, 0.15) is 10.4 Å². The Kier molecular flexibility index (Phi) is 6.79. The summed E-state index contributed by atoms with van der Waals surface area (Å²) in [4.78, 5) is 35.9. The molecule has 3 amide bonds. The summed E-state index contributed by atoms with van der Waals surface area (Å²) in [6.45, 7) is 0.346. The molecule has 0 spiro atoms. The lowest BCUT2D eigenvalue weighted by atomic mass is 10.2. The van der Waals surface area contributed by atoms with Gasteiger partial charge in [0.05, 0.1) is 23.7 Å². The van der Waals surface area contributed by atoms with Crippen molar-refractivity contribution in [1.82, 2.24) is 10.6 Å². The number of benzene rings is 2. The molecule has 1 aliphatic rings. The van der Waals surface area contributed by atoms with Crippen LogP contribution in [0.15, 0.2) is 36.4 Å². The molecule has 0 unspecified atom stereocenters. The number of amides is 3. The summed E-state index contributed by atoms with van der Waals surface area (Å²) < 4.78 is 10.9. The maximum absolute atomic E-state index is 12.1. The molecule has 10 heteroatoms. The van der Waals surface area contributed by atoms with E-state index in [4.69, 9.17) is 32.7 Å². The van der Waals surface area contributed by atoms with E-state index in [2.05, 4.69) is 16.0 Å². The quantitative estimate of drug-likeness (QED) is 0.642.